The van der Waals surface area contributed by atoms with Gasteiger partial charge in [0.1, 0.15) is 11.3 Å². The van der Waals surface area contributed by atoms with Gasteiger partial charge in [-0.3, -0.25) is 14.5 Å². The number of amides is 2. The maximum Gasteiger partial charge on any atom is 0.237 e. The molecular weight excluding hydrogens is 354 g/mol. The first-order valence-corrected chi connectivity index (χ1v) is 9.99. The molecule has 0 aliphatic carbocycles. The van der Waals surface area contributed by atoms with Crippen molar-refractivity contribution in [2.45, 2.75) is 46.7 Å². The van der Waals surface area contributed by atoms with E-state index in [1.54, 1.807) is 0 Å². The molecule has 2 aromatic rings. The molecule has 2 atom stereocenters. The summed E-state index contributed by atoms with van der Waals surface area (Å²) >= 11 is 0. The first-order chi connectivity index (χ1) is 13.2. The minimum absolute atomic E-state index is 0.0245. The van der Waals surface area contributed by atoms with Crippen molar-refractivity contribution in [2.75, 3.05) is 26.2 Å². The van der Waals surface area contributed by atoms with E-state index in [0.717, 1.165) is 16.7 Å². The Kier molecular flexibility index (Phi) is 5.79. The lowest BCUT2D eigenvalue weighted by atomic mass is 9.94. The number of rotatable bonds is 4. The van der Waals surface area contributed by atoms with Gasteiger partial charge >= 0.3 is 0 Å². The van der Waals surface area contributed by atoms with Crippen molar-refractivity contribution >= 4 is 22.8 Å². The largest absolute Gasteiger partial charge is 0.459 e. The van der Waals surface area contributed by atoms with Gasteiger partial charge in [0.25, 0.3) is 0 Å². The van der Waals surface area contributed by atoms with Gasteiger partial charge in [0.2, 0.25) is 11.8 Å². The van der Waals surface area contributed by atoms with E-state index in [1.165, 1.54) is 0 Å². The van der Waals surface area contributed by atoms with E-state index in [4.69, 9.17) is 4.42 Å². The maximum atomic E-state index is 12.7. The van der Waals surface area contributed by atoms with E-state index in [-0.39, 0.29) is 29.3 Å². The van der Waals surface area contributed by atoms with Gasteiger partial charge in [-0.1, -0.05) is 39.0 Å². The topological polar surface area (TPSA) is 65.8 Å². The molecular formula is C22H31N3O3. The molecule has 152 valence electrons. The van der Waals surface area contributed by atoms with Gasteiger partial charge in [-0.15, -0.1) is 0 Å². The van der Waals surface area contributed by atoms with E-state index in [2.05, 4.69) is 10.2 Å². The van der Waals surface area contributed by atoms with E-state index < -0.39 is 0 Å². The number of carbonyl (C=O) groups is 2. The third kappa shape index (κ3) is 4.38. The summed E-state index contributed by atoms with van der Waals surface area (Å²) in [6.45, 7) is 12.4. The van der Waals surface area contributed by atoms with Gasteiger partial charge in [-0.05, 0) is 26.0 Å². The van der Waals surface area contributed by atoms with Crippen LogP contribution < -0.4 is 5.32 Å². The molecule has 3 rings (SSSR count). The molecule has 2 amide bonds. The lowest BCUT2D eigenvalue weighted by Gasteiger charge is -2.39. The molecule has 1 fully saturated rings. The predicted molar refractivity (Wildman–Crippen MR) is 110 cm³/mol. The fourth-order valence-corrected chi connectivity index (χ4v) is 3.57. The highest BCUT2D eigenvalue weighted by Crippen LogP contribution is 2.24. The van der Waals surface area contributed by atoms with Crippen LogP contribution in [0.3, 0.4) is 0 Å². The second kappa shape index (κ2) is 7.95. The Balaban J connectivity index is 1.55. The Hall–Kier alpha value is -2.34. The summed E-state index contributed by atoms with van der Waals surface area (Å²) < 4.78 is 5.86. The summed E-state index contributed by atoms with van der Waals surface area (Å²) in [5.41, 5.74) is 0.457. The lowest BCUT2D eigenvalue weighted by Crippen LogP contribution is -2.56. The van der Waals surface area contributed by atoms with Gasteiger partial charge in [-0.25, -0.2) is 0 Å². The number of furan rings is 1. The van der Waals surface area contributed by atoms with Crippen molar-refractivity contribution in [2.24, 2.45) is 5.41 Å². The molecule has 0 radical (unpaired) electrons. The monoisotopic (exact) mass is 385 g/mol. The Morgan fingerprint density at radius 3 is 2.32 bits per heavy atom. The predicted octanol–water partition coefficient (Wildman–Crippen LogP) is 3.19. The lowest BCUT2D eigenvalue weighted by molar-refractivity contribution is -0.142. The number of hydrogen-bond acceptors (Lipinski definition) is 4. The van der Waals surface area contributed by atoms with Crippen LogP contribution in [0.5, 0.6) is 0 Å². The molecule has 1 aromatic heterocycles. The number of para-hydroxylation sites is 1. The van der Waals surface area contributed by atoms with Crippen LogP contribution in [0.1, 0.15) is 46.4 Å². The van der Waals surface area contributed by atoms with Gasteiger partial charge < -0.3 is 14.6 Å². The van der Waals surface area contributed by atoms with Crippen molar-refractivity contribution in [3.63, 3.8) is 0 Å². The fraction of sp³-hybridized carbons (Fsp3) is 0.545. The number of hydrogen-bond donors (Lipinski definition) is 1. The number of nitrogens with one attached hydrogen (secondary N) is 1. The summed E-state index contributed by atoms with van der Waals surface area (Å²) in [4.78, 5) is 29.2. The standard InChI is InChI=1S/C22H31N3O3/c1-15(19-14-17-8-6-7-9-18(17)28-19)23-20(26)16(2)24-10-12-25(13-11-24)21(27)22(3,4)5/h6-9,14-16H,10-13H2,1-5H3,(H,23,26). The van der Waals surface area contributed by atoms with Crippen LogP contribution >= 0.6 is 0 Å². The highest BCUT2D eigenvalue weighted by Gasteiger charge is 2.32. The average molecular weight is 386 g/mol. The highest BCUT2D eigenvalue weighted by molar-refractivity contribution is 5.83. The van der Waals surface area contributed by atoms with E-state index in [0.29, 0.717) is 26.2 Å². The summed E-state index contributed by atoms with van der Waals surface area (Å²) in [6.07, 6.45) is 0. The molecule has 2 unspecified atom stereocenters. The van der Waals surface area contributed by atoms with Gasteiger partial charge in [0.15, 0.2) is 0 Å². The molecule has 28 heavy (non-hydrogen) atoms. The molecule has 1 aromatic carbocycles. The first kappa shape index (κ1) is 20.4. The summed E-state index contributed by atoms with van der Waals surface area (Å²) in [5.74, 6) is 0.897. The van der Waals surface area contributed by atoms with Gasteiger partial charge in [0, 0.05) is 37.0 Å². The minimum Gasteiger partial charge on any atom is -0.459 e. The second-order valence-corrected chi connectivity index (χ2v) is 8.67. The van der Waals surface area contributed by atoms with Crippen molar-refractivity contribution < 1.29 is 14.0 Å². The zero-order valence-electron chi connectivity index (χ0n) is 17.5. The number of benzene rings is 1. The zero-order valence-corrected chi connectivity index (χ0v) is 17.5. The molecule has 0 saturated carbocycles. The zero-order chi connectivity index (χ0) is 20.5. The van der Waals surface area contributed by atoms with Crippen LogP contribution in [-0.4, -0.2) is 53.8 Å². The van der Waals surface area contributed by atoms with Crippen molar-refractivity contribution in [1.29, 1.82) is 0 Å². The second-order valence-electron chi connectivity index (χ2n) is 8.67. The van der Waals surface area contributed by atoms with Crippen LogP contribution in [0.2, 0.25) is 0 Å². The summed E-state index contributed by atoms with van der Waals surface area (Å²) in [7, 11) is 0. The van der Waals surface area contributed by atoms with Gasteiger partial charge in [-0.2, -0.15) is 0 Å². The van der Waals surface area contributed by atoms with Crippen LogP contribution in [0, 0.1) is 5.41 Å². The third-order valence-corrected chi connectivity index (χ3v) is 5.40. The van der Waals surface area contributed by atoms with Crippen LogP contribution in [0.15, 0.2) is 34.7 Å². The third-order valence-electron chi connectivity index (χ3n) is 5.40. The highest BCUT2D eigenvalue weighted by atomic mass is 16.3. The molecule has 1 N–H and O–H groups in total. The molecule has 0 spiro atoms. The number of nitrogens with zero attached hydrogens (tertiary/aromatic N) is 2. The molecule has 1 saturated heterocycles. The van der Waals surface area contributed by atoms with E-state index >= 15 is 0 Å². The SMILES string of the molecule is CC(NC(=O)C(C)N1CCN(C(=O)C(C)(C)C)CC1)c1cc2ccccc2o1. The summed E-state index contributed by atoms with van der Waals surface area (Å²) in [5, 5.41) is 4.09. The molecule has 6 heteroatoms. The Labute approximate surface area is 166 Å². The number of fused-ring (bicyclic) bond motifs is 1. The Morgan fingerprint density at radius 2 is 1.71 bits per heavy atom. The van der Waals surface area contributed by atoms with Crippen LogP contribution in [0.4, 0.5) is 0 Å². The van der Waals surface area contributed by atoms with Crippen molar-refractivity contribution in [3.05, 3.63) is 36.1 Å². The molecule has 2 heterocycles. The molecule has 1 aliphatic heterocycles. The van der Waals surface area contributed by atoms with Crippen molar-refractivity contribution in [3.8, 4) is 0 Å². The first-order valence-electron chi connectivity index (χ1n) is 9.99. The van der Waals surface area contributed by atoms with Crippen molar-refractivity contribution in [1.82, 2.24) is 15.1 Å². The Bertz CT molecular complexity index is 811. The van der Waals surface area contributed by atoms with E-state index in [1.807, 2.05) is 69.9 Å². The Morgan fingerprint density at radius 1 is 1.07 bits per heavy atom. The quantitative estimate of drug-likeness (QED) is 0.878. The number of carbonyl (C=O) groups excluding carboxylic acids is 2. The molecule has 6 nitrogen and oxygen atoms in total. The van der Waals surface area contributed by atoms with Crippen LogP contribution in [0.25, 0.3) is 11.0 Å². The van der Waals surface area contributed by atoms with Gasteiger partial charge in [0.05, 0.1) is 12.1 Å². The maximum absolute atomic E-state index is 12.7. The summed E-state index contributed by atoms with van der Waals surface area (Å²) in [6, 6.07) is 9.35. The van der Waals surface area contributed by atoms with E-state index in [9.17, 15) is 9.59 Å². The molecule has 1 aliphatic rings. The number of piperazine rings is 1. The normalized spacial score (nSPS) is 18.1. The fourth-order valence-electron chi connectivity index (χ4n) is 3.57. The smallest absolute Gasteiger partial charge is 0.237 e. The average Bonchev–Trinajstić information content (AvgIpc) is 3.10. The minimum atomic E-state index is -0.368. The molecule has 0 bridgehead atoms. The van der Waals surface area contributed by atoms with Crippen LogP contribution in [-0.2, 0) is 9.59 Å².